The number of likely N-dealkylation sites (N-methyl/N-ethyl adjacent to an activating group) is 1. The molecule has 0 fully saturated rings. The van der Waals surface area contributed by atoms with Gasteiger partial charge in [-0.3, -0.25) is 9.48 Å². The Bertz CT molecular complexity index is 549. The summed E-state index contributed by atoms with van der Waals surface area (Å²) in [7, 11) is 3.58. The highest BCUT2D eigenvalue weighted by Crippen LogP contribution is 2.25. The molecule has 0 bridgehead atoms. The van der Waals surface area contributed by atoms with E-state index >= 15 is 0 Å². The van der Waals surface area contributed by atoms with E-state index in [2.05, 4.69) is 5.10 Å². The third kappa shape index (κ3) is 2.85. The molecule has 0 spiro atoms. The lowest BCUT2D eigenvalue weighted by Crippen LogP contribution is -2.37. The van der Waals surface area contributed by atoms with Crippen molar-refractivity contribution >= 4 is 17.2 Å². The summed E-state index contributed by atoms with van der Waals surface area (Å²) in [5, 5.41) is 6.05. The first-order valence-electron chi connectivity index (χ1n) is 6.05. The highest BCUT2D eigenvalue weighted by molar-refractivity contribution is 7.10. The van der Waals surface area contributed by atoms with Gasteiger partial charge in [0.1, 0.15) is 6.04 Å². The third-order valence-corrected chi connectivity index (χ3v) is 4.28. The zero-order valence-electron chi connectivity index (χ0n) is 11.3. The summed E-state index contributed by atoms with van der Waals surface area (Å²) in [6.07, 6.45) is 3.40. The summed E-state index contributed by atoms with van der Waals surface area (Å²) in [6.45, 7) is 2.00. The van der Waals surface area contributed by atoms with E-state index in [4.69, 9.17) is 5.73 Å². The van der Waals surface area contributed by atoms with Crippen LogP contribution in [0.3, 0.4) is 0 Å². The average molecular weight is 278 g/mol. The Morgan fingerprint density at radius 1 is 1.58 bits per heavy atom. The number of hydrogen-bond donors (Lipinski definition) is 1. The summed E-state index contributed by atoms with van der Waals surface area (Å²) in [6, 6.07) is 3.36. The lowest BCUT2D eigenvalue weighted by atomic mass is 10.1. The molecule has 102 valence electrons. The Balaban J connectivity index is 2.10. The second-order valence-electron chi connectivity index (χ2n) is 4.57. The summed E-state index contributed by atoms with van der Waals surface area (Å²) < 4.78 is 1.64. The van der Waals surface area contributed by atoms with Crippen molar-refractivity contribution in [2.45, 2.75) is 19.0 Å². The van der Waals surface area contributed by atoms with Crippen molar-refractivity contribution in [1.82, 2.24) is 14.7 Å². The molecule has 6 heteroatoms. The summed E-state index contributed by atoms with van der Waals surface area (Å²) in [5.41, 5.74) is 6.74. The molecule has 2 heterocycles. The summed E-state index contributed by atoms with van der Waals surface area (Å²) >= 11 is 1.64. The molecule has 2 aromatic rings. The SMILES string of the molecule is CC(c1cccs1)N(C)C(=O)C(N)c1cnn(C)c1. The molecule has 0 aromatic carbocycles. The number of aromatic nitrogens is 2. The lowest BCUT2D eigenvalue weighted by molar-refractivity contribution is -0.133. The fourth-order valence-corrected chi connectivity index (χ4v) is 2.70. The molecule has 2 atom stereocenters. The van der Waals surface area contributed by atoms with Gasteiger partial charge in [0.05, 0.1) is 12.2 Å². The van der Waals surface area contributed by atoms with Gasteiger partial charge in [0.15, 0.2) is 0 Å². The predicted octanol–water partition coefficient (Wildman–Crippen LogP) is 1.70. The first-order chi connectivity index (χ1) is 9.00. The van der Waals surface area contributed by atoms with Gasteiger partial charge >= 0.3 is 0 Å². The van der Waals surface area contributed by atoms with Crippen LogP contribution in [-0.4, -0.2) is 27.6 Å². The molecule has 19 heavy (non-hydrogen) atoms. The van der Waals surface area contributed by atoms with E-state index in [9.17, 15) is 4.79 Å². The molecule has 0 aliphatic rings. The number of carbonyl (C=O) groups is 1. The molecule has 0 saturated carbocycles. The van der Waals surface area contributed by atoms with Crippen LogP contribution in [0.4, 0.5) is 0 Å². The minimum Gasteiger partial charge on any atom is -0.337 e. The predicted molar refractivity (Wildman–Crippen MR) is 75.6 cm³/mol. The van der Waals surface area contributed by atoms with Crippen LogP contribution in [0.1, 0.15) is 29.4 Å². The van der Waals surface area contributed by atoms with Crippen molar-refractivity contribution in [3.63, 3.8) is 0 Å². The number of thiophene rings is 1. The quantitative estimate of drug-likeness (QED) is 0.926. The molecule has 0 saturated heterocycles. The number of nitrogens with zero attached hydrogens (tertiary/aromatic N) is 3. The molecule has 2 unspecified atom stereocenters. The first-order valence-corrected chi connectivity index (χ1v) is 6.93. The van der Waals surface area contributed by atoms with E-state index in [0.717, 1.165) is 10.4 Å². The average Bonchev–Trinajstić information content (AvgIpc) is 3.06. The van der Waals surface area contributed by atoms with Crippen molar-refractivity contribution in [2.24, 2.45) is 12.8 Å². The topological polar surface area (TPSA) is 64.2 Å². The van der Waals surface area contributed by atoms with Gasteiger partial charge < -0.3 is 10.6 Å². The molecule has 1 amide bonds. The van der Waals surface area contributed by atoms with Crippen LogP contribution in [0, 0.1) is 0 Å². The number of aryl methyl sites for hydroxylation is 1. The molecule has 0 aliphatic heterocycles. The molecule has 2 aromatic heterocycles. The fraction of sp³-hybridized carbons (Fsp3) is 0.385. The van der Waals surface area contributed by atoms with Gasteiger partial charge in [0.25, 0.3) is 0 Å². The Labute approximate surface area is 116 Å². The normalized spacial score (nSPS) is 14.1. The van der Waals surface area contributed by atoms with Crippen molar-refractivity contribution in [1.29, 1.82) is 0 Å². The van der Waals surface area contributed by atoms with Crippen molar-refractivity contribution in [2.75, 3.05) is 7.05 Å². The maximum atomic E-state index is 12.4. The highest BCUT2D eigenvalue weighted by atomic mass is 32.1. The summed E-state index contributed by atoms with van der Waals surface area (Å²) in [4.78, 5) is 15.2. The number of hydrogen-bond acceptors (Lipinski definition) is 4. The van der Waals surface area contributed by atoms with Gasteiger partial charge in [-0.25, -0.2) is 0 Å². The van der Waals surface area contributed by atoms with Crippen LogP contribution in [-0.2, 0) is 11.8 Å². The van der Waals surface area contributed by atoms with Gasteiger partial charge in [-0.15, -0.1) is 11.3 Å². The van der Waals surface area contributed by atoms with Gasteiger partial charge in [-0.2, -0.15) is 5.10 Å². The summed E-state index contributed by atoms with van der Waals surface area (Å²) in [5.74, 6) is -0.103. The van der Waals surface area contributed by atoms with E-state index < -0.39 is 6.04 Å². The maximum absolute atomic E-state index is 12.4. The minimum absolute atomic E-state index is 0.0234. The largest absolute Gasteiger partial charge is 0.337 e. The number of nitrogens with two attached hydrogens (primary N) is 1. The fourth-order valence-electron chi connectivity index (χ4n) is 1.87. The third-order valence-electron chi connectivity index (χ3n) is 3.23. The molecule has 0 radical (unpaired) electrons. The number of carbonyl (C=O) groups excluding carboxylic acids is 1. The van der Waals surface area contributed by atoms with Crippen molar-refractivity contribution < 1.29 is 4.79 Å². The Hall–Kier alpha value is -1.66. The van der Waals surface area contributed by atoms with Gasteiger partial charge in [0.2, 0.25) is 5.91 Å². The first kappa shape index (κ1) is 13.8. The van der Waals surface area contributed by atoms with Gasteiger partial charge in [0, 0.05) is 30.7 Å². The van der Waals surface area contributed by atoms with Crippen LogP contribution in [0.2, 0.25) is 0 Å². The number of rotatable bonds is 4. The van der Waals surface area contributed by atoms with E-state index in [1.54, 1.807) is 47.4 Å². The second kappa shape index (κ2) is 5.54. The smallest absolute Gasteiger partial charge is 0.244 e. The van der Waals surface area contributed by atoms with Gasteiger partial charge in [-0.05, 0) is 18.4 Å². The van der Waals surface area contributed by atoms with E-state index in [0.29, 0.717) is 0 Å². The van der Waals surface area contributed by atoms with Crippen LogP contribution >= 0.6 is 11.3 Å². The second-order valence-corrected chi connectivity index (χ2v) is 5.54. The lowest BCUT2D eigenvalue weighted by Gasteiger charge is -2.26. The molecule has 0 aliphatic carbocycles. The molecule has 5 nitrogen and oxygen atoms in total. The molecular weight excluding hydrogens is 260 g/mol. The Morgan fingerprint density at radius 3 is 2.84 bits per heavy atom. The highest BCUT2D eigenvalue weighted by Gasteiger charge is 2.25. The van der Waals surface area contributed by atoms with Crippen LogP contribution in [0.5, 0.6) is 0 Å². The van der Waals surface area contributed by atoms with Crippen LogP contribution in [0.15, 0.2) is 29.9 Å². The monoisotopic (exact) mass is 278 g/mol. The van der Waals surface area contributed by atoms with E-state index in [1.165, 1.54) is 0 Å². The molecular formula is C13H18N4OS. The molecule has 2 N–H and O–H groups in total. The standard InChI is InChI=1S/C13H18N4OS/c1-9(11-5-4-6-19-11)17(3)13(18)12(14)10-7-15-16(2)8-10/h4-9,12H,14H2,1-3H3. The zero-order chi connectivity index (χ0) is 14.0. The Morgan fingerprint density at radius 2 is 2.32 bits per heavy atom. The Kier molecular flexibility index (Phi) is 4.01. The minimum atomic E-state index is -0.666. The van der Waals surface area contributed by atoms with Crippen LogP contribution in [0.25, 0.3) is 0 Å². The van der Waals surface area contributed by atoms with E-state index in [1.807, 2.05) is 24.4 Å². The van der Waals surface area contributed by atoms with Crippen LogP contribution < -0.4 is 5.73 Å². The maximum Gasteiger partial charge on any atom is 0.244 e. The molecule has 2 rings (SSSR count). The van der Waals surface area contributed by atoms with Gasteiger partial charge in [-0.1, -0.05) is 6.07 Å². The van der Waals surface area contributed by atoms with E-state index in [-0.39, 0.29) is 11.9 Å². The number of amides is 1. The van der Waals surface area contributed by atoms with Crippen molar-refractivity contribution in [3.05, 3.63) is 40.3 Å². The zero-order valence-corrected chi connectivity index (χ0v) is 12.1. The van der Waals surface area contributed by atoms with Crippen molar-refractivity contribution in [3.8, 4) is 0 Å².